The number of thioether (sulfide) groups is 1. The van der Waals surface area contributed by atoms with Gasteiger partial charge in [-0.2, -0.15) is 0 Å². The molecule has 1 aliphatic rings. The van der Waals surface area contributed by atoms with Crippen LogP contribution in [0.5, 0.6) is 0 Å². The summed E-state index contributed by atoms with van der Waals surface area (Å²) in [6.45, 7) is 6.03. The Balaban J connectivity index is 1.76. The van der Waals surface area contributed by atoms with Crippen molar-refractivity contribution in [2.45, 2.75) is 56.6 Å². The van der Waals surface area contributed by atoms with Crippen molar-refractivity contribution in [3.8, 4) is 0 Å². The number of hydrogen-bond acceptors (Lipinski definition) is 2. The van der Waals surface area contributed by atoms with E-state index in [2.05, 4.69) is 24.3 Å². The second-order valence-corrected chi connectivity index (χ2v) is 7.46. The molecule has 0 spiro atoms. The fourth-order valence-corrected chi connectivity index (χ4v) is 3.65. The van der Waals surface area contributed by atoms with Gasteiger partial charge < -0.3 is 0 Å². The molecule has 2 rings (SSSR count). The van der Waals surface area contributed by atoms with Crippen LogP contribution in [0, 0.1) is 5.41 Å². The highest BCUT2D eigenvalue weighted by Crippen LogP contribution is 2.39. The maximum Gasteiger partial charge on any atom is 0.138 e. The van der Waals surface area contributed by atoms with Gasteiger partial charge in [0.1, 0.15) is 5.78 Å². The highest BCUT2D eigenvalue weighted by atomic mass is 32.2. The Bertz CT molecular complexity index is 406. The molecule has 0 radical (unpaired) electrons. The molecule has 1 atom stereocenters. The molecule has 1 heterocycles. The average molecular weight is 262 g/mol. The fourth-order valence-electron chi connectivity index (χ4n) is 2.28. The van der Waals surface area contributed by atoms with Gasteiger partial charge >= 0.3 is 0 Å². The van der Waals surface area contributed by atoms with Gasteiger partial charge in [-0.15, -0.1) is 11.8 Å². The van der Waals surface area contributed by atoms with Crippen molar-refractivity contribution >= 4 is 17.5 Å². The number of benzene rings is 1. The third-order valence-corrected chi connectivity index (χ3v) is 4.87. The smallest absolute Gasteiger partial charge is 0.138 e. The quantitative estimate of drug-likeness (QED) is 0.795. The summed E-state index contributed by atoms with van der Waals surface area (Å²) in [5, 5.41) is 0.676. The summed E-state index contributed by atoms with van der Waals surface area (Å²) in [6, 6.07) is 8.66. The normalized spacial score (nSPS) is 18.7. The van der Waals surface area contributed by atoms with Crippen molar-refractivity contribution < 1.29 is 4.79 Å². The van der Waals surface area contributed by atoms with E-state index in [-0.39, 0.29) is 5.41 Å². The zero-order chi connectivity index (χ0) is 13.2. The Kier molecular flexibility index (Phi) is 4.16. The Morgan fingerprint density at radius 3 is 2.72 bits per heavy atom. The summed E-state index contributed by atoms with van der Waals surface area (Å²) in [7, 11) is 0. The molecule has 1 aromatic rings. The average Bonchev–Trinajstić information content (AvgIpc) is 2.70. The van der Waals surface area contributed by atoms with Gasteiger partial charge in [0.2, 0.25) is 0 Å². The number of carbonyl (C=O) groups excluding carboxylic acids is 1. The van der Waals surface area contributed by atoms with Crippen molar-refractivity contribution in [3.63, 3.8) is 0 Å². The van der Waals surface area contributed by atoms with Crippen molar-refractivity contribution in [1.29, 1.82) is 0 Å². The van der Waals surface area contributed by atoms with Crippen LogP contribution in [0.25, 0.3) is 0 Å². The molecule has 1 aliphatic heterocycles. The molecule has 0 saturated heterocycles. The van der Waals surface area contributed by atoms with E-state index in [0.29, 0.717) is 11.0 Å². The highest BCUT2D eigenvalue weighted by molar-refractivity contribution is 8.00. The predicted molar refractivity (Wildman–Crippen MR) is 78.1 cm³/mol. The third-order valence-electron chi connectivity index (χ3n) is 3.48. The topological polar surface area (TPSA) is 17.1 Å². The van der Waals surface area contributed by atoms with Crippen LogP contribution in [0.1, 0.15) is 45.6 Å². The maximum atomic E-state index is 11.8. The van der Waals surface area contributed by atoms with Crippen LogP contribution < -0.4 is 0 Å². The first-order chi connectivity index (χ1) is 8.47. The second kappa shape index (κ2) is 5.48. The van der Waals surface area contributed by atoms with Crippen LogP contribution in [-0.2, 0) is 11.2 Å². The molecule has 1 aromatic carbocycles. The van der Waals surface area contributed by atoms with Gasteiger partial charge in [-0.05, 0) is 30.9 Å². The minimum Gasteiger partial charge on any atom is -0.299 e. The first kappa shape index (κ1) is 13.7. The standard InChI is InChI=1S/C16H22OS/c1-16(2,3)15(17)10-6-8-13-11-12-7-4-5-9-14(12)18-13/h4-5,7,9,13H,6,8,10-11H2,1-3H3. The second-order valence-electron chi connectivity index (χ2n) is 6.12. The molecule has 1 nitrogen and oxygen atoms in total. The summed E-state index contributed by atoms with van der Waals surface area (Å²) >= 11 is 1.98. The monoisotopic (exact) mass is 262 g/mol. The van der Waals surface area contributed by atoms with E-state index in [1.807, 2.05) is 32.5 Å². The summed E-state index contributed by atoms with van der Waals surface area (Å²) in [6.07, 6.45) is 4.09. The van der Waals surface area contributed by atoms with E-state index in [1.165, 1.54) is 16.9 Å². The molecule has 0 fully saturated rings. The van der Waals surface area contributed by atoms with E-state index in [1.54, 1.807) is 0 Å². The van der Waals surface area contributed by atoms with E-state index in [9.17, 15) is 4.79 Å². The molecular weight excluding hydrogens is 240 g/mol. The van der Waals surface area contributed by atoms with E-state index >= 15 is 0 Å². The first-order valence-corrected chi connectivity index (χ1v) is 7.62. The number of hydrogen-bond donors (Lipinski definition) is 0. The predicted octanol–water partition coefficient (Wildman–Crippen LogP) is 4.49. The number of carbonyl (C=O) groups is 1. The molecule has 0 amide bonds. The molecule has 0 bridgehead atoms. The Morgan fingerprint density at radius 2 is 2.06 bits per heavy atom. The molecular formula is C16H22OS. The highest BCUT2D eigenvalue weighted by Gasteiger charge is 2.23. The van der Waals surface area contributed by atoms with Gasteiger partial charge in [0.15, 0.2) is 0 Å². The SMILES string of the molecule is CC(C)(C)C(=O)CCCC1Cc2ccccc2S1. The number of rotatable bonds is 4. The molecule has 2 heteroatoms. The van der Waals surface area contributed by atoms with Crippen molar-refractivity contribution in [2.75, 3.05) is 0 Å². The van der Waals surface area contributed by atoms with E-state index < -0.39 is 0 Å². The number of fused-ring (bicyclic) bond motifs is 1. The van der Waals surface area contributed by atoms with Gasteiger partial charge in [-0.1, -0.05) is 39.0 Å². The van der Waals surface area contributed by atoms with Crippen LogP contribution in [0.3, 0.4) is 0 Å². The minimum absolute atomic E-state index is 0.175. The maximum absolute atomic E-state index is 11.8. The summed E-state index contributed by atoms with van der Waals surface area (Å²) in [4.78, 5) is 13.3. The summed E-state index contributed by atoms with van der Waals surface area (Å²) < 4.78 is 0. The van der Waals surface area contributed by atoms with Gasteiger partial charge in [-0.3, -0.25) is 4.79 Å². The molecule has 0 aromatic heterocycles. The zero-order valence-corrected chi connectivity index (χ0v) is 12.3. The van der Waals surface area contributed by atoms with Gasteiger partial charge in [0.05, 0.1) is 0 Å². The lowest BCUT2D eigenvalue weighted by molar-refractivity contribution is -0.126. The Labute approximate surface area is 114 Å². The van der Waals surface area contributed by atoms with Gasteiger partial charge in [0.25, 0.3) is 0 Å². The summed E-state index contributed by atoms with van der Waals surface area (Å²) in [5.41, 5.74) is 1.31. The van der Waals surface area contributed by atoms with Crippen molar-refractivity contribution in [3.05, 3.63) is 29.8 Å². The molecule has 18 heavy (non-hydrogen) atoms. The number of ketones is 1. The van der Waals surface area contributed by atoms with E-state index in [0.717, 1.165) is 19.3 Å². The minimum atomic E-state index is -0.175. The van der Waals surface area contributed by atoms with Gasteiger partial charge in [-0.25, -0.2) is 0 Å². The van der Waals surface area contributed by atoms with Crippen LogP contribution in [-0.4, -0.2) is 11.0 Å². The van der Waals surface area contributed by atoms with E-state index in [4.69, 9.17) is 0 Å². The third kappa shape index (κ3) is 3.38. The van der Waals surface area contributed by atoms with Crippen molar-refractivity contribution in [2.24, 2.45) is 5.41 Å². The molecule has 0 aliphatic carbocycles. The largest absolute Gasteiger partial charge is 0.299 e. The molecule has 0 saturated carbocycles. The van der Waals surface area contributed by atoms with Crippen LogP contribution >= 0.6 is 11.8 Å². The van der Waals surface area contributed by atoms with Crippen LogP contribution in [0.2, 0.25) is 0 Å². The van der Waals surface area contributed by atoms with Gasteiger partial charge in [0, 0.05) is 22.0 Å². The summed E-state index contributed by atoms with van der Waals surface area (Å²) in [5.74, 6) is 0.392. The Hall–Kier alpha value is -0.760. The lowest BCUT2D eigenvalue weighted by Gasteiger charge is -2.16. The Morgan fingerprint density at radius 1 is 1.33 bits per heavy atom. The number of Topliss-reactive ketones (excluding diaryl/α,β-unsaturated/α-hetero) is 1. The molecule has 98 valence electrons. The lowest BCUT2D eigenvalue weighted by Crippen LogP contribution is -2.20. The lowest BCUT2D eigenvalue weighted by atomic mass is 9.87. The van der Waals surface area contributed by atoms with Crippen LogP contribution in [0.4, 0.5) is 0 Å². The van der Waals surface area contributed by atoms with Crippen molar-refractivity contribution in [1.82, 2.24) is 0 Å². The fraction of sp³-hybridized carbons (Fsp3) is 0.562. The molecule has 1 unspecified atom stereocenters. The molecule has 0 N–H and O–H groups in total. The zero-order valence-electron chi connectivity index (χ0n) is 11.5. The first-order valence-electron chi connectivity index (χ1n) is 6.74. The van der Waals surface area contributed by atoms with Crippen LogP contribution in [0.15, 0.2) is 29.2 Å².